The van der Waals surface area contributed by atoms with Gasteiger partial charge in [-0.15, -0.1) is 0 Å². The molecule has 1 unspecified atom stereocenters. The lowest BCUT2D eigenvalue weighted by molar-refractivity contribution is 0.0548. The first kappa shape index (κ1) is 11.0. The third-order valence-corrected chi connectivity index (χ3v) is 3.79. The van der Waals surface area contributed by atoms with E-state index in [0.717, 1.165) is 11.0 Å². The van der Waals surface area contributed by atoms with Gasteiger partial charge in [0.05, 0.1) is 5.60 Å². The molecule has 0 fully saturated rings. The maximum Gasteiger partial charge on any atom is 0.0678 e. The molecular formula is C12H16BrNO. The van der Waals surface area contributed by atoms with Crippen molar-refractivity contribution in [3.63, 3.8) is 0 Å². The highest BCUT2D eigenvalue weighted by Crippen LogP contribution is 2.44. The van der Waals surface area contributed by atoms with Gasteiger partial charge in [-0.3, -0.25) is 0 Å². The van der Waals surface area contributed by atoms with E-state index in [2.05, 4.69) is 33.9 Å². The summed E-state index contributed by atoms with van der Waals surface area (Å²) in [5.74, 6) is 0.174. The fourth-order valence-electron chi connectivity index (χ4n) is 2.24. The lowest BCUT2D eigenvalue weighted by Gasteiger charge is -2.26. The normalized spacial score (nSPS) is 20.6. The first-order valence-corrected chi connectivity index (χ1v) is 5.92. The molecule has 1 aliphatic rings. The molecule has 0 spiro atoms. The third-order valence-electron chi connectivity index (χ3n) is 3.10. The summed E-state index contributed by atoms with van der Waals surface area (Å²) in [4.78, 5) is 2.20. The van der Waals surface area contributed by atoms with Gasteiger partial charge in [0.1, 0.15) is 0 Å². The highest BCUT2D eigenvalue weighted by Gasteiger charge is 2.37. The summed E-state index contributed by atoms with van der Waals surface area (Å²) in [5, 5.41) is 10.2. The zero-order valence-electron chi connectivity index (χ0n) is 9.29. The molecule has 1 heterocycles. The Morgan fingerprint density at radius 2 is 2.13 bits per heavy atom. The van der Waals surface area contributed by atoms with E-state index in [1.54, 1.807) is 0 Å². The molecule has 1 aromatic rings. The van der Waals surface area contributed by atoms with Crippen LogP contribution >= 0.6 is 15.9 Å². The molecule has 1 atom stereocenters. The minimum absolute atomic E-state index is 0.174. The van der Waals surface area contributed by atoms with Crippen LogP contribution < -0.4 is 4.90 Å². The quantitative estimate of drug-likeness (QED) is 0.848. The molecule has 82 valence electrons. The number of benzene rings is 1. The number of halogens is 1. The molecule has 0 saturated carbocycles. The van der Waals surface area contributed by atoms with Gasteiger partial charge in [0.25, 0.3) is 0 Å². The van der Waals surface area contributed by atoms with Gasteiger partial charge < -0.3 is 10.0 Å². The standard InChI is InChI=1S/C12H16BrNO/c1-12(2,15)8-7-14(3)10-6-4-5-9(13)11(8)10/h4-6,8,15H,7H2,1-3H3. The highest BCUT2D eigenvalue weighted by atomic mass is 79.9. The number of hydrogen-bond acceptors (Lipinski definition) is 2. The van der Waals surface area contributed by atoms with Gasteiger partial charge in [-0.1, -0.05) is 22.0 Å². The number of hydrogen-bond donors (Lipinski definition) is 1. The number of nitrogens with zero attached hydrogens (tertiary/aromatic N) is 1. The molecule has 0 bridgehead atoms. The Labute approximate surface area is 99.0 Å². The molecule has 15 heavy (non-hydrogen) atoms. The Bertz CT molecular complexity index is 384. The second kappa shape index (κ2) is 3.49. The summed E-state index contributed by atoms with van der Waals surface area (Å²) >= 11 is 3.57. The molecular weight excluding hydrogens is 254 g/mol. The van der Waals surface area contributed by atoms with Crippen molar-refractivity contribution in [2.24, 2.45) is 0 Å². The zero-order chi connectivity index (χ0) is 11.2. The van der Waals surface area contributed by atoms with Gasteiger partial charge in [0, 0.05) is 29.7 Å². The van der Waals surface area contributed by atoms with Crippen molar-refractivity contribution in [3.8, 4) is 0 Å². The van der Waals surface area contributed by atoms with Gasteiger partial charge >= 0.3 is 0 Å². The third kappa shape index (κ3) is 1.79. The molecule has 1 N–H and O–H groups in total. The highest BCUT2D eigenvalue weighted by molar-refractivity contribution is 9.10. The van der Waals surface area contributed by atoms with Crippen molar-refractivity contribution < 1.29 is 5.11 Å². The van der Waals surface area contributed by atoms with Crippen molar-refractivity contribution in [3.05, 3.63) is 28.2 Å². The number of aliphatic hydroxyl groups is 1. The predicted octanol–water partition coefficient (Wildman–Crippen LogP) is 2.75. The molecule has 0 aliphatic carbocycles. The van der Waals surface area contributed by atoms with Crippen LogP contribution in [0.2, 0.25) is 0 Å². The monoisotopic (exact) mass is 269 g/mol. The Balaban J connectivity index is 2.54. The van der Waals surface area contributed by atoms with Crippen LogP contribution in [0.3, 0.4) is 0 Å². The first-order valence-electron chi connectivity index (χ1n) is 5.13. The molecule has 0 amide bonds. The van der Waals surface area contributed by atoms with Gasteiger partial charge in [-0.25, -0.2) is 0 Å². The summed E-state index contributed by atoms with van der Waals surface area (Å²) < 4.78 is 1.09. The average Bonchev–Trinajstić information content (AvgIpc) is 2.45. The van der Waals surface area contributed by atoms with Crippen LogP contribution in [0.25, 0.3) is 0 Å². The summed E-state index contributed by atoms with van der Waals surface area (Å²) in [6.07, 6.45) is 0. The lowest BCUT2D eigenvalue weighted by atomic mass is 9.86. The summed E-state index contributed by atoms with van der Waals surface area (Å²) in [5.41, 5.74) is 1.77. The van der Waals surface area contributed by atoms with Crippen molar-refractivity contribution >= 4 is 21.6 Å². The summed E-state index contributed by atoms with van der Waals surface area (Å²) in [6, 6.07) is 6.18. The Morgan fingerprint density at radius 3 is 2.73 bits per heavy atom. The number of rotatable bonds is 1. The summed E-state index contributed by atoms with van der Waals surface area (Å²) in [6.45, 7) is 4.63. The van der Waals surface area contributed by atoms with Crippen LogP contribution in [-0.4, -0.2) is 24.3 Å². The first-order chi connectivity index (χ1) is 6.91. The van der Waals surface area contributed by atoms with Crippen LogP contribution in [0.4, 0.5) is 5.69 Å². The number of likely N-dealkylation sites (N-methyl/N-ethyl adjacent to an activating group) is 1. The van der Waals surface area contributed by atoms with Crippen molar-refractivity contribution in [2.75, 3.05) is 18.5 Å². The van der Waals surface area contributed by atoms with Crippen LogP contribution in [0.1, 0.15) is 25.3 Å². The van der Waals surface area contributed by atoms with E-state index in [-0.39, 0.29) is 5.92 Å². The van der Waals surface area contributed by atoms with Gasteiger partial charge in [0.2, 0.25) is 0 Å². The summed E-state index contributed by atoms with van der Waals surface area (Å²) in [7, 11) is 2.07. The fraction of sp³-hybridized carbons (Fsp3) is 0.500. The molecule has 1 aliphatic heterocycles. The van der Waals surface area contributed by atoms with E-state index in [1.807, 2.05) is 26.0 Å². The second-order valence-electron chi connectivity index (χ2n) is 4.76. The largest absolute Gasteiger partial charge is 0.390 e. The minimum Gasteiger partial charge on any atom is -0.390 e. The Kier molecular flexibility index (Phi) is 2.55. The smallest absolute Gasteiger partial charge is 0.0678 e. The maximum atomic E-state index is 10.2. The zero-order valence-corrected chi connectivity index (χ0v) is 10.9. The van der Waals surface area contributed by atoms with Gasteiger partial charge in [0.15, 0.2) is 0 Å². The predicted molar refractivity (Wildman–Crippen MR) is 66.5 cm³/mol. The van der Waals surface area contributed by atoms with E-state index in [1.165, 1.54) is 11.3 Å². The molecule has 2 rings (SSSR count). The molecule has 0 saturated heterocycles. The topological polar surface area (TPSA) is 23.5 Å². The van der Waals surface area contributed by atoms with Crippen LogP contribution in [0.5, 0.6) is 0 Å². The van der Waals surface area contributed by atoms with Crippen molar-refractivity contribution in [2.45, 2.75) is 25.4 Å². The molecule has 2 nitrogen and oxygen atoms in total. The average molecular weight is 270 g/mol. The Morgan fingerprint density at radius 1 is 1.47 bits per heavy atom. The van der Waals surface area contributed by atoms with Crippen LogP contribution in [0, 0.1) is 0 Å². The number of fused-ring (bicyclic) bond motifs is 1. The van der Waals surface area contributed by atoms with E-state index >= 15 is 0 Å². The molecule has 1 aromatic carbocycles. The Hall–Kier alpha value is -0.540. The van der Waals surface area contributed by atoms with Crippen molar-refractivity contribution in [1.29, 1.82) is 0 Å². The fourth-order valence-corrected chi connectivity index (χ4v) is 2.88. The molecule has 0 aromatic heterocycles. The minimum atomic E-state index is -0.677. The van der Waals surface area contributed by atoms with Gasteiger partial charge in [-0.2, -0.15) is 0 Å². The molecule has 0 radical (unpaired) electrons. The SMILES string of the molecule is CN1CC(C(C)(C)O)c2c(Br)cccc21. The van der Waals surface area contributed by atoms with E-state index < -0.39 is 5.60 Å². The van der Waals surface area contributed by atoms with Crippen LogP contribution in [-0.2, 0) is 0 Å². The second-order valence-corrected chi connectivity index (χ2v) is 5.61. The van der Waals surface area contributed by atoms with Crippen LogP contribution in [0.15, 0.2) is 22.7 Å². The van der Waals surface area contributed by atoms with Gasteiger partial charge in [-0.05, 0) is 31.5 Å². The number of anilines is 1. The van der Waals surface area contributed by atoms with E-state index in [4.69, 9.17) is 0 Å². The maximum absolute atomic E-state index is 10.2. The van der Waals surface area contributed by atoms with Crippen molar-refractivity contribution in [1.82, 2.24) is 0 Å². The lowest BCUT2D eigenvalue weighted by Crippen LogP contribution is -2.32. The van der Waals surface area contributed by atoms with E-state index in [0.29, 0.717) is 0 Å². The van der Waals surface area contributed by atoms with E-state index in [9.17, 15) is 5.11 Å². The molecule has 3 heteroatoms.